The van der Waals surface area contributed by atoms with Crippen molar-refractivity contribution in [2.24, 2.45) is 0 Å². The lowest BCUT2D eigenvalue weighted by molar-refractivity contribution is -0.133. The van der Waals surface area contributed by atoms with E-state index in [0.29, 0.717) is 16.5 Å². The van der Waals surface area contributed by atoms with Crippen LogP contribution in [0.25, 0.3) is 0 Å². The Hall–Kier alpha value is -3.35. The summed E-state index contributed by atoms with van der Waals surface area (Å²) in [5, 5.41) is 0.705. The van der Waals surface area contributed by atoms with Crippen LogP contribution in [0.2, 0.25) is 0 Å². The van der Waals surface area contributed by atoms with Gasteiger partial charge in [0, 0.05) is 0 Å². The zero-order valence-electron chi connectivity index (χ0n) is 12.4. The van der Waals surface area contributed by atoms with Gasteiger partial charge in [-0.1, -0.05) is 24.3 Å². The Morgan fingerprint density at radius 1 is 0.958 bits per heavy atom. The van der Waals surface area contributed by atoms with Crippen molar-refractivity contribution in [3.05, 3.63) is 59.7 Å². The van der Waals surface area contributed by atoms with Crippen molar-refractivity contribution in [1.82, 2.24) is 10.4 Å². The molecule has 2 aromatic carbocycles. The smallest absolute Gasteiger partial charge is 0.283 e. The molecule has 24 heavy (non-hydrogen) atoms. The second kappa shape index (κ2) is 5.38. The van der Waals surface area contributed by atoms with Gasteiger partial charge >= 0.3 is 0 Å². The first-order valence-corrected chi connectivity index (χ1v) is 7.32. The number of para-hydroxylation sites is 2. The number of hydrogen-bond acceptors (Lipinski definition) is 5. The zero-order chi connectivity index (χ0) is 16.7. The van der Waals surface area contributed by atoms with Gasteiger partial charge in [-0.05, 0) is 24.3 Å². The van der Waals surface area contributed by atoms with Gasteiger partial charge in [0.1, 0.15) is 6.61 Å². The second-order valence-corrected chi connectivity index (χ2v) is 5.33. The summed E-state index contributed by atoms with van der Waals surface area (Å²) in [6.45, 7) is -0.00792. The van der Waals surface area contributed by atoms with E-state index in [1.54, 1.807) is 36.4 Å². The molecule has 0 spiro atoms. The molecule has 1 N–H and O–H groups in total. The minimum atomic E-state index is -0.954. The summed E-state index contributed by atoms with van der Waals surface area (Å²) in [4.78, 5) is 36.8. The Balaban J connectivity index is 1.50. The SMILES string of the molecule is O=C(NN1C(=O)c2ccccc2C1=O)[C@H]1COc2ccccc2O1. The number of ether oxygens (including phenoxy) is 2. The number of nitrogens with one attached hydrogen (secondary N) is 1. The summed E-state index contributed by atoms with van der Waals surface area (Å²) in [7, 11) is 0. The molecule has 4 rings (SSSR count). The molecule has 0 fully saturated rings. The number of imide groups is 1. The summed E-state index contributed by atoms with van der Waals surface area (Å²) >= 11 is 0. The summed E-state index contributed by atoms with van der Waals surface area (Å²) in [6.07, 6.45) is -0.954. The van der Waals surface area contributed by atoms with Gasteiger partial charge in [0.15, 0.2) is 11.5 Å². The largest absolute Gasteiger partial charge is 0.485 e. The maximum atomic E-state index is 12.3. The monoisotopic (exact) mass is 324 g/mol. The summed E-state index contributed by atoms with van der Waals surface area (Å²) in [6, 6.07) is 13.4. The van der Waals surface area contributed by atoms with Crippen LogP contribution in [0.5, 0.6) is 11.5 Å². The Morgan fingerprint density at radius 3 is 2.21 bits per heavy atom. The molecule has 2 aliphatic heterocycles. The third-order valence-electron chi connectivity index (χ3n) is 3.82. The van der Waals surface area contributed by atoms with Crippen molar-refractivity contribution in [3.8, 4) is 11.5 Å². The third-order valence-corrected chi connectivity index (χ3v) is 3.82. The molecule has 1 atom stereocenters. The fourth-order valence-corrected chi connectivity index (χ4v) is 2.62. The third kappa shape index (κ3) is 2.18. The molecule has 0 bridgehead atoms. The van der Waals surface area contributed by atoms with Gasteiger partial charge in [-0.3, -0.25) is 19.8 Å². The summed E-state index contributed by atoms with van der Waals surface area (Å²) in [5.41, 5.74) is 2.83. The fourth-order valence-electron chi connectivity index (χ4n) is 2.62. The van der Waals surface area contributed by atoms with Gasteiger partial charge in [0.05, 0.1) is 11.1 Å². The normalized spacial score (nSPS) is 18.3. The van der Waals surface area contributed by atoms with Gasteiger partial charge in [-0.25, -0.2) is 0 Å². The number of amides is 3. The van der Waals surface area contributed by atoms with Gasteiger partial charge in [0.2, 0.25) is 6.10 Å². The van der Waals surface area contributed by atoms with Crippen molar-refractivity contribution < 1.29 is 23.9 Å². The van der Waals surface area contributed by atoms with E-state index in [1.165, 1.54) is 12.1 Å². The van der Waals surface area contributed by atoms with Crippen molar-refractivity contribution in [2.75, 3.05) is 6.61 Å². The van der Waals surface area contributed by atoms with E-state index < -0.39 is 23.8 Å². The van der Waals surface area contributed by atoms with E-state index in [-0.39, 0.29) is 17.7 Å². The maximum Gasteiger partial charge on any atom is 0.283 e. The lowest BCUT2D eigenvalue weighted by Crippen LogP contribution is -2.53. The molecule has 0 aromatic heterocycles. The Bertz CT molecular complexity index is 829. The summed E-state index contributed by atoms with van der Waals surface area (Å²) < 4.78 is 11.0. The first kappa shape index (κ1) is 14.3. The Labute approximate surface area is 136 Å². The van der Waals surface area contributed by atoms with E-state index in [2.05, 4.69) is 5.43 Å². The van der Waals surface area contributed by atoms with Gasteiger partial charge in [-0.15, -0.1) is 0 Å². The van der Waals surface area contributed by atoms with Crippen molar-refractivity contribution in [1.29, 1.82) is 0 Å². The number of carbonyl (C=O) groups excluding carboxylic acids is 3. The van der Waals surface area contributed by atoms with Crippen LogP contribution in [0.15, 0.2) is 48.5 Å². The zero-order valence-corrected chi connectivity index (χ0v) is 12.4. The molecule has 0 saturated heterocycles. The highest BCUT2D eigenvalue weighted by molar-refractivity contribution is 6.21. The fraction of sp³-hybridized carbons (Fsp3) is 0.118. The molecule has 7 heteroatoms. The van der Waals surface area contributed by atoms with Crippen LogP contribution in [0.1, 0.15) is 20.7 Å². The molecule has 2 aliphatic rings. The van der Waals surface area contributed by atoms with Crippen molar-refractivity contribution in [3.63, 3.8) is 0 Å². The molecule has 3 amide bonds. The number of rotatable bonds is 2. The average Bonchev–Trinajstić information content (AvgIpc) is 2.86. The number of hydrazine groups is 1. The highest BCUT2D eigenvalue weighted by atomic mass is 16.6. The van der Waals surface area contributed by atoms with Crippen LogP contribution in [0.3, 0.4) is 0 Å². The van der Waals surface area contributed by atoms with Gasteiger partial charge in [-0.2, -0.15) is 5.01 Å². The van der Waals surface area contributed by atoms with E-state index >= 15 is 0 Å². The second-order valence-electron chi connectivity index (χ2n) is 5.33. The molecular weight excluding hydrogens is 312 g/mol. The van der Waals surface area contributed by atoms with E-state index in [4.69, 9.17) is 9.47 Å². The lowest BCUT2D eigenvalue weighted by Gasteiger charge is -2.26. The van der Waals surface area contributed by atoms with Crippen LogP contribution in [-0.4, -0.2) is 35.4 Å². The van der Waals surface area contributed by atoms with E-state index in [1.807, 2.05) is 0 Å². The summed E-state index contributed by atoms with van der Waals surface area (Å²) in [5.74, 6) is -0.783. The van der Waals surface area contributed by atoms with Crippen LogP contribution in [0, 0.1) is 0 Å². The molecule has 0 aliphatic carbocycles. The van der Waals surface area contributed by atoms with E-state index in [0.717, 1.165) is 0 Å². The average molecular weight is 324 g/mol. The number of nitrogens with zero attached hydrogens (tertiary/aromatic N) is 1. The molecule has 120 valence electrons. The highest BCUT2D eigenvalue weighted by Gasteiger charge is 2.38. The molecule has 0 unspecified atom stereocenters. The standard InChI is InChI=1S/C17H12N2O5/c20-15(14-9-23-12-7-3-4-8-13(12)24-14)18-19-16(21)10-5-1-2-6-11(10)17(19)22/h1-8,14H,9H2,(H,18,20)/t14-/m1/s1. The molecule has 2 aromatic rings. The number of benzene rings is 2. The van der Waals surface area contributed by atoms with Gasteiger partial charge < -0.3 is 9.47 Å². The minimum absolute atomic E-state index is 0.00792. The maximum absolute atomic E-state index is 12.3. The predicted octanol–water partition coefficient (Wildman–Crippen LogP) is 1.15. The van der Waals surface area contributed by atoms with Crippen LogP contribution >= 0.6 is 0 Å². The topological polar surface area (TPSA) is 84.9 Å². The quantitative estimate of drug-likeness (QED) is 0.838. The van der Waals surface area contributed by atoms with Crippen molar-refractivity contribution in [2.45, 2.75) is 6.10 Å². The molecular formula is C17H12N2O5. The van der Waals surface area contributed by atoms with Gasteiger partial charge in [0.25, 0.3) is 17.7 Å². The number of hydrogen-bond donors (Lipinski definition) is 1. The predicted molar refractivity (Wildman–Crippen MR) is 81.4 cm³/mol. The minimum Gasteiger partial charge on any atom is -0.485 e. The molecule has 7 nitrogen and oxygen atoms in total. The molecule has 0 saturated carbocycles. The van der Waals surface area contributed by atoms with Crippen LogP contribution < -0.4 is 14.9 Å². The number of fused-ring (bicyclic) bond motifs is 2. The molecule has 2 heterocycles. The van der Waals surface area contributed by atoms with Crippen molar-refractivity contribution >= 4 is 17.7 Å². The Kier molecular flexibility index (Phi) is 3.19. The van der Waals surface area contributed by atoms with Crippen LogP contribution in [-0.2, 0) is 4.79 Å². The Morgan fingerprint density at radius 2 is 1.54 bits per heavy atom. The highest BCUT2D eigenvalue weighted by Crippen LogP contribution is 2.31. The number of carbonyl (C=O) groups is 3. The van der Waals surface area contributed by atoms with E-state index in [9.17, 15) is 14.4 Å². The first-order valence-electron chi connectivity index (χ1n) is 7.32. The lowest BCUT2D eigenvalue weighted by atomic mass is 10.1. The van der Waals surface area contributed by atoms with Crippen LogP contribution in [0.4, 0.5) is 0 Å². The first-order chi connectivity index (χ1) is 11.6. The molecule has 0 radical (unpaired) electrons.